The molecule has 0 unspecified atom stereocenters. The fraction of sp³-hybridized carbons (Fsp3) is 0.600. The van der Waals surface area contributed by atoms with Gasteiger partial charge < -0.3 is 10.2 Å². The van der Waals surface area contributed by atoms with E-state index >= 15 is 0 Å². The zero-order chi connectivity index (χ0) is 14.4. The van der Waals surface area contributed by atoms with Gasteiger partial charge in [-0.15, -0.1) is 0 Å². The molecule has 1 aromatic rings. The summed E-state index contributed by atoms with van der Waals surface area (Å²) in [5.74, 6) is 0. The van der Waals surface area contributed by atoms with Crippen LogP contribution in [0.25, 0.3) is 0 Å². The van der Waals surface area contributed by atoms with Gasteiger partial charge in [0.1, 0.15) is 0 Å². The van der Waals surface area contributed by atoms with Gasteiger partial charge in [0, 0.05) is 12.6 Å². The lowest BCUT2D eigenvalue weighted by Crippen LogP contribution is -2.41. The van der Waals surface area contributed by atoms with Crippen LogP contribution in [0, 0.1) is 0 Å². The van der Waals surface area contributed by atoms with Crippen LogP contribution in [0.5, 0.6) is 0 Å². The molecule has 1 atom stereocenters. The van der Waals surface area contributed by atoms with Gasteiger partial charge >= 0.3 is 6.18 Å². The Morgan fingerprint density at radius 1 is 1.05 bits per heavy atom. The van der Waals surface area contributed by atoms with Crippen molar-refractivity contribution in [3.05, 3.63) is 35.9 Å². The quantitative estimate of drug-likeness (QED) is 0.893. The molecular weight excluding hydrogens is 265 g/mol. The van der Waals surface area contributed by atoms with E-state index in [1.807, 2.05) is 30.3 Å². The molecule has 1 N–H and O–H groups in total. The summed E-state index contributed by atoms with van der Waals surface area (Å²) in [5, 5.41) is 2.66. The van der Waals surface area contributed by atoms with Crippen molar-refractivity contribution in [1.29, 1.82) is 0 Å². The highest BCUT2D eigenvalue weighted by molar-refractivity contribution is 5.19. The number of rotatable bonds is 5. The third-order valence-corrected chi connectivity index (χ3v) is 3.64. The number of alkyl halides is 3. The average Bonchev–Trinajstić information content (AvgIpc) is 2.44. The van der Waals surface area contributed by atoms with Gasteiger partial charge in [-0.3, -0.25) is 0 Å². The molecule has 20 heavy (non-hydrogen) atoms. The van der Waals surface area contributed by atoms with Crippen molar-refractivity contribution < 1.29 is 13.2 Å². The van der Waals surface area contributed by atoms with Crippen LogP contribution >= 0.6 is 0 Å². The molecular formula is C15H21F3N2. The van der Waals surface area contributed by atoms with Gasteiger partial charge in [-0.25, -0.2) is 0 Å². The van der Waals surface area contributed by atoms with E-state index in [2.05, 4.69) is 10.2 Å². The van der Waals surface area contributed by atoms with Crippen molar-refractivity contribution in [2.75, 3.05) is 26.2 Å². The van der Waals surface area contributed by atoms with Crippen LogP contribution in [0.15, 0.2) is 30.3 Å². The number of benzene rings is 1. The summed E-state index contributed by atoms with van der Waals surface area (Å²) in [6, 6.07) is 9.12. The molecule has 1 aromatic carbocycles. The fourth-order valence-electron chi connectivity index (χ4n) is 2.61. The number of nitrogens with zero attached hydrogens (tertiary/aromatic N) is 1. The first-order valence-corrected chi connectivity index (χ1v) is 7.12. The van der Waals surface area contributed by atoms with Crippen LogP contribution in [-0.2, 0) is 0 Å². The number of nitrogens with one attached hydrogen (secondary N) is 1. The summed E-state index contributed by atoms with van der Waals surface area (Å²) >= 11 is 0. The molecule has 0 spiro atoms. The van der Waals surface area contributed by atoms with Crippen molar-refractivity contribution in [2.45, 2.75) is 31.5 Å². The number of hydrogen-bond donors (Lipinski definition) is 1. The molecule has 5 heteroatoms. The van der Waals surface area contributed by atoms with Crippen molar-refractivity contribution >= 4 is 0 Å². The van der Waals surface area contributed by atoms with Crippen LogP contribution in [0.4, 0.5) is 13.2 Å². The zero-order valence-electron chi connectivity index (χ0n) is 11.5. The minimum Gasteiger partial charge on any atom is -0.301 e. The maximum Gasteiger partial charge on any atom is 0.401 e. The van der Waals surface area contributed by atoms with Crippen LogP contribution in [0.2, 0.25) is 0 Å². The Morgan fingerprint density at radius 2 is 1.70 bits per heavy atom. The lowest BCUT2D eigenvalue weighted by atomic mass is 10.0. The largest absolute Gasteiger partial charge is 0.401 e. The minimum absolute atomic E-state index is 0.268. The third kappa shape index (κ3) is 5.13. The van der Waals surface area contributed by atoms with Gasteiger partial charge in [0.05, 0.1) is 6.54 Å². The standard InChI is InChI=1S/C15H21F3N2/c16-15(17,18)12-19-14(13-7-3-1-4-8-13)11-20-9-5-2-6-10-20/h1,3-4,7-8,14,19H,2,5-6,9-12H2/t14-/m0/s1. The summed E-state index contributed by atoms with van der Waals surface area (Å²) < 4.78 is 37.3. The van der Waals surface area contributed by atoms with Crippen molar-refractivity contribution in [3.63, 3.8) is 0 Å². The second-order valence-corrected chi connectivity index (χ2v) is 5.32. The molecule has 0 radical (unpaired) electrons. The molecule has 1 fully saturated rings. The first-order valence-electron chi connectivity index (χ1n) is 7.12. The number of halogens is 3. The molecule has 112 valence electrons. The van der Waals surface area contributed by atoms with Gasteiger partial charge in [0.15, 0.2) is 0 Å². The SMILES string of the molecule is FC(F)(F)CN[C@@H](CN1CCCCC1)c1ccccc1. The normalized spacial score (nSPS) is 18.9. The fourth-order valence-corrected chi connectivity index (χ4v) is 2.61. The van der Waals surface area contributed by atoms with Crippen molar-refractivity contribution in [2.24, 2.45) is 0 Å². The average molecular weight is 286 g/mol. The predicted molar refractivity (Wildman–Crippen MR) is 73.5 cm³/mol. The van der Waals surface area contributed by atoms with E-state index in [1.54, 1.807) is 0 Å². The van der Waals surface area contributed by atoms with E-state index in [9.17, 15) is 13.2 Å². The van der Waals surface area contributed by atoms with E-state index in [4.69, 9.17) is 0 Å². The Balaban J connectivity index is 1.99. The smallest absolute Gasteiger partial charge is 0.301 e. The molecule has 1 heterocycles. The number of piperidine rings is 1. The molecule has 1 aliphatic heterocycles. The molecule has 1 aliphatic rings. The lowest BCUT2D eigenvalue weighted by Gasteiger charge is -2.31. The zero-order valence-corrected chi connectivity index (χ0v) is 11.5. The highest BCUT2D eigenvalue weighted by Crippen LogP contribution is 2.20. The Kier molecular flexibility index (Phi) is 5.43. The molecule has 0 aliphatic carbocycles. The summed E-state index contributed by atoms with van der Waals surface area (Å²) in [6.07, 6.45) is -0.668. The van der Waals surface area contributed by atoms with Crippen molar-refractivity contribution in [1.82, 2.24) is 10.2 Å². The molecule has 2 nitrogen and oxygen atoms in total. The molecule has 0 amide bonds. The van der Waals surface area contributed by atoms with Gasteiger partial charge in [-0.05, 0) is 31.5 Å². The summed E-state index contributed by atoms with van der Waals surface area (Å²) in [6.45, 7) is 1.66. The Bertz CT molecular complexity index is 386. The Hall–Kier alpha value is -1.07. The molecule has 0 aromatic heterocycles. The van der Waals surface area contributed by atoms with Crippen LogP contribution in [0.1, 0.15) is 30.9 Å². The summed E-state index contributed by atoms with van der Waals surface area (Å²) in [7, 11) is 0. The van der Waals surface area contributed by atoms with Crippen LogP contribution < -0.4 is 5.32 Å². The molecule has 2 rings (SSSR count). The monoisotopic (exact) mass is 286 g/mol. The van der Waals surface area contributed by atoms with E-state index in [0.717, 1.165) is 31.5 Å². The minimum atomic E-state index is -4.17. The van der Waals surface area contributed by atoms with Gasteiger partial charge in [-0.2, -0.15) is 13.2 Å². The lowest BCUT2D eigenvalue weighted by molar-refractivity contribution is -0.126. The molecule has 0 bridgehead atoms. The van der Waals surface area contributed by atoms with Gasteiger partial charge in [0.25, 0.3) is 0 Å². The molecule has 1 saturated heterocycles. The maximum atomic E-state index is 12.4. The Morgan fingerprint density at radius 3 is 2.30 bits per heavy atom. The van der Waals surface area contributed by atoms with Gasteiger partial charge in [0.2, 0.25) is 0 Å². The summed E-state index contributed by atoms with van der Waals surface area (Å²) in [5.41, 5.74) is 0.919. The van der Waals surface area contributed by atoms with E-state index in [0.29, 0.717) is 6.54 Å². The first kappa shape index (κ1) is 15.3. The van der Waals surface area contributed by atoms with Crippen LogP contribution in [0.3, 0.4) is 0 Å². The second kappa shape index (κ2) is 7.09. The Labute approximate surface area is 118 Å². The highest BCUT2D eigenvalue weighted by atomic mass is 19.4. The number of likely N-dealkylation sites (tertiary alicyclic amines) is 1. The number of hydrogen-bond acceptors (Lipinski definition) is 2. The maximum absolute atomic E-state index is 12.4. The third-order valence-electron chi connectivity index (χ3n) is 3.64. The second-order valence-electron chi connectivity index (χ2n) is 5.32. The molecule has 0 saturated carbocycles. The summed E-state index contributed by atoms with van der Waals surface area (Å²) in [4.78, 5) is 2.25. The first-order chi connectivity index (χ1) is 9.54. The van der Waals surface area contributed by atoms with Crippen LogP contribution in [-0.4, -0.2) is 37.3 Å². The highest BCUT2D eigenvalue weighted by Gasteiger charge is 2.29. The van der Waals surface area contributed by atoms with Gasteiger partial charge in [-0.1, -0.05) is 36.8 Å². The van der Waals surface area contributed by atoms with E-state index < -0.39 is 12.7 Å². The van der Waals surface area contributed by atoms with Crippen molar-refractivity contribution in [3.8, 4) is 0 Å². The topological polar surface area (TPSA) is 15.3 Å². The van der Waals surface area contributed by atoms with E-state index in [1.165, 1.54) is 6.42 Å². The van der Waals surface area contributed by atoms with E-state index in [-0.39, 0.29) is 6.04 Å². The predicted octanol–water partition coefficient (Wildman–Crippen LogP) is 3.37.